The Hall–Kier alpha value is -1.36. The second-order valence-corrected chi connectivity index (χ2v) is 5.31. The van der Waals surface area contributed by atoms with Crippen LogP contribution in [0.25, 0.3) is 0 Å². The van der Waals surface area contributed by atoms with E-state index < -0.39 is 0 Å². The first-order chi connectivity index (χ1) is 9.63. The van der Waals surface area contributed by atoms with E-state index in [4.69, 9.17) is 44.3 Å². The number of nitrogens with one attached hydrogen (secondary N) is 1. The van der Waals surface area contributed by atoms with Crippen molar-refractivity contribution in [2.24, 2.45) is 0 Å². The molecule has 0 saturated carbocycles. The van der Waals surface area contributed by atoms with Crippen molar-refractivity contribution >= 4 is 40.6 Å². The van der Waals surface area contributed by atoms with Crippen LogP contribution in [0.15, 0.2) is 24.3 Å². The lowest BCUT2D eigenvalue weighted by atomic mass is 10.2. The zero-order chi connectivity index (χ0) is 14.1. The predicted octanol–water partition coefficient (Wildman–Crippen LogP) is 4.38. The molecule has 1 aromatic heterocycles. The van der Waals surface area contributed by atoms with E-state index >= 15 is 0 Å². The normalized spacial score (nSPS) is 12.6. The summed E-state index contributed by atoms with van der Waals surface area (Å²) >= 11 is 17.7. The Kier molecular flexibility index (Phi) is 3.78. The fourth-order valence-electron chi connectivity index (χ4n) is 1.80. The molecule has 0 unspecified atom stereocenters. The van der Waals surface area contributed by atoms with Crippen LogP contribution in [0.2, 0.25) is 15.2 Å². The van der Waals surface area contributed by atoms with Crippen LogP contribution in [0.1, 0.15) is 5.56 Å². The first-order valence-corrected chi connectivity index (χ1v) is 6.91. The molecule has 0 aliphatic carbocycles. The number of pyridine rings is 1. The maximum absolute atomic E-state index is 6.05. The fourth-order valence-corrected chi connectivity index (χ4v) is 2.37. The summed E-state index contributed by atoms with van der Waals surface area (Å²) in [7, 11) is 0. The Morgan fingerprint density at radius 1 is 1.05 bits per heavy atom. The lowest BCUT2D eigenvalue weighted by molar-refractivity contribution is 0.174. The second kappa shape index (κ2) is 5.56. The van der Waals surface area contributed by atoms with Gasteiger partial charge in [0.05, 0.1) is 10.0 Å². The minimum absolute atomic E-state index is 0.212. The number of anilines is 1. The van der Waals surface area contributed by atoms with Gasteiger partial charge in [0.15, 0.2) is 11.5 Å². The van der Waals surface area contributed by atoms with Crippen molar-refractivity contribution in [3.05, 3.63) is 45.0 Å². The van der Waals surface area contributed by atoms with Gasteiger partial charge in [0.1, 0.15) is 11.0 Å². The molecule has 2 heterocycles. The quantitative estimate of drug-likeness (QED) is 0.848. The van der Waals surface area contributed by atoms with E-state index in [-0.39, 0.29) is 11.9 Å². The molecule has 0 radical (unpaired) electrons. The van der Waals surface area contributed by atoms with E-state index in [1.54, 1.807) is 6.07 Å². The molecule has 1 aromatic carbocycles. The van der Waals surface area contributed by atoms with Crippen molar-refractivity contribution in [2.75, 3.05) is 12.1 Å². The molecule has 0 atom stereocenters. The van der Waals surface area contributed by atoms with Crippen LogP contribution in [0, 0.1) is 0 Å². The molecule has 0 saturated heterocycles. The number of rotatable bonds is 3. The molecule has 104 valence electrons. The van der Waals surface area contributed by atoms with Crippen molar-refractivity contribution in [1.29, 1.82) is 0 Å². The standard InChI is InChI=1S/C13H9Cl3N2O2/c14-8-4-9(15)13(18-12(8)16)17-5-7-1-2-10-11(3-7)20-6-19-10/h1-4H,5-6H2,(H,17,18). The highest BCUT2D eigenvalue weighted by atomic mass is 35.5. The van der Waals surface area contributed by atoms with Crippen LogP contribution >= 0.6 is 34.8 Å². The first kappa shape index (κ1) is 13.6. The lowest BCUT2D eigenvalue weighted by Gasteiger charge is -2.09. The molecule has 0 bridgehead atoms. The zero-order valence-electron chi connectivity index (χ0n) is 10.1. The Morgan fingerprint density at radius 3 is 2.70 bits per heavy atom. The summed E-state index contributed by atoms with van der Waals surface area (Å²) in [5.41, 5.74) is 1.01. The van der Waals surface area contributed by atoms with Crippen molar-refractivity contribution in [2.45, 2.75) is 6.54 Å². The molecule has 20 heavy (non-hydrogen) atoms. The highest BCUT2D eigenvalue weighted by Crippen LogP contribution is 2.33. The monoisotopic (exact) mass is 330 g/mol. The summed E-state index contributed by atoms with van der Waals surface area (Å²) in [6, 6.07) is 7.26. The van der Waals surface area contributed by atoms with Crippen molar-refractivity contribution in [1.82, 2.24) is 4.98 Å². The van der Waals surface area contributed by atoms with Gasteiger partial charge in [-0.15, -0.1) is 0 Å². The van der Waals surface area contributed by atoms with Crippen LogP contribution < -0.4 is 14.8 Å². The Morgan fingerprint density at radius 2 is 1.85 bits per heavy atom. The number of ether oxygens (including phenoxy) is 2. The van der Waals surface area contributed by atoms with Crippen LogP contribution in [0.3, 0.4) is 0 Å². The van der Waals surface area contributed by atoms with E-state index in [1.807, 2.05) is 18.2 Å². The number of fused-ring (bicyclic) bond motifs is 1. The summed E-state index contributed by atoms with van der Waals surface area (Å²) in [6.45, 7) is 0.785. The average Bonchev–Trinajstić information content (AvgIpc) is 2.89. The second-order valence-electron chi connectivity index (χ2n) is 4.13. The van der Waals surface area contributed by atoms with Crippen molar-refractivity contribution in [3.63, 3.8) is 0 Å². The van der Waals surface area contributed by atoms with Gasteiger partial charge in [0, 0.05) is 6.54 Å². The molecular formula is C13H9Cl3N2O2. The molecule has 4 nitrogen and oxygen atoms in total. The van der Waals surface area contributed by atoms with E-state index in [0.717, 1.165) is 17.1 Å². The summed E-state index contributed by atoms with van der Waals surface area (Å²) in [5, 5.41) is 4.06. The smallest absolute Gasteiger partial charge is 0.231 e. The van der Waals surface area contributed by atoms with E-state index in [0.29, 0.717) is 22.4 Å². The summed E-state index contributed by atoms with van der Waals surface area (Å²) in [4.78, 5) is 4.09. The molecule has 1 N–H and O–H groups in total. The molecule has 0 amide bonds. The van der Waals surface area contributed by atoms with Crippen LogP contribution in [0.4, 0.5) is 5.82 Å². The summed E-state index contributed by atoms with van der Waals surface area (Å²) in [5.74, 6) is 1.97. The minimum Gasteiger partial charge on any atom is -0.454 e. The number of halogens is 3. The lowest BCUT2D eigenvalue weighted by Crippen LogP contribution is -2.02. The third-order valence-corrected chi connectivity index (χ3v) is 3.74. The van der Waals surface area contributed by atoms with E-state index in [2.05, 4.69) is 10.3 Å². The Labute approximate surface area is 130 Å². The molecule has 1 aliphatic heterocycles. The van der Waals surface area contributed by atoms with Gasteiger partial charge in [-0.1, -0.05) is 40.9 Å². The molecule has 2 aromatic rings. The molecule has 0 fully saturated rings. The predicted molar refractivity (Wildman–Crippen MR) is 79.2 cm³/mol. The van der Waals surface area contributed by atoms with Gasteiger partial charge in [0.25, 0.3) is 0 Å². The summed E-state index contributed by atoms with van der Waals surface area (Å²) < 4.78 is 10.6. The van der Waals surface area contributed by atoms with Gasteiger partial charge in [0.2, 0.25) is 6.79 Å². The maximum atomic E-state index is 6.05. The van der Waals surface area contributed by atoms with Crippen LogP contribution in [-0.4, -0.2) is 11.8 Å². The molecular weight excluding hydrogens is 323 g/mol. The van der Waals surface area contributed by atoms with E-state index in [9.17, 15) is 0 Å². The fraction of sp³-hybridized carbons (Fsp3) is 0.154. The third-order valence-electron chi connectivity index (χ3n) is 2.78. The highest BCUT2D eigenvalue weighted by Gasteiger charge is 2.13. The van der Waals surface area contributed by atoms with Gasteiger partial charge in [-0.3, -0.25) is 0 Å². The Bertz CT molecular complexity index is 664. The number of aromatic nitrogens is 1. The van der Waals surface area contributed by atoms with Crippen LogP contribution in [-0.2, 0) is 6.54 Å². The van der Waals surface area contributed by atoms with Gasteiger partial charge < -0.3 is 14.8 Å². The minimum atomic E-state index is 0.212. The number of benzene rings is 1. The zero-order valence-corrected chi connectivity index (χ0v) is 12.4. The van der Waals surface area contributed by atoms with Gasteiger partial charge in [-0.25, -0.2) is 4.98 Å². The highest BCUT2D eigenvalue weighted by molar-refractivity contribution is 6.42. The molecule has 3 rings (SSSR count). The van der Waals surface area contributed by atoms with Gasteiger partial charge >= 0.3 is 0 Å². The molecule has 0 spiro atoms. The van der Waals surface area contributed by atoms with Crippen molar-refractivity contribution < 1.29 is 9.47 Å². The third kappa shape index (κ3) is 2.73. The SMILES string of the molecule is Clc1cc(Cl)c(NCc2ccc3c(c2)OCO3)nc1Cl. The Balaban J connectivity index is 1.75. The number of hydrogen-bond donors (Lipinski definition) is 1. The van der Waals surface area contributed by atoms with E-state index in [1.165, 1.54) is 0 Å². The largest absolute Gasteiger partial charge is 0.454 e. The molecule has 7 heteroatoms. The number of hydrogen-bond acceptors (Lipinski definition) is 4. The van der Waals surface area contributed by atoms with Gasteiger partial charge in [-0.05, 0) is 23.8 Å². The van der Waals surface area contributed by atoms with Gasteiger partial charge in [-0.2, -0.15) is 0 Å². The summed E-state index contributed by atoms with van der Waals surface area (Å²) in [6.07, 6.45) is 0. The van der Waals surface area contributed by atoms with Crippen LogP contribution in [0.5, 0.6) is 11.5 Å². The average molecular weight is 332 g/mol. The van der Waals surface area contributed by atoms with Crippen molar-refractivity contribution in [3.8, 4) is 11.5 Å². The molecule has 1 aliphatic rings. The maximum Gasteiger partial charge on any atom is 0.231 e. The first-order valence-electron chi connectivity index (χ1n) is 5.77. The number of nitrogens with zero attached hydrogens (tertiary/aromatic N) is 1. The topological polar surface area (TPSA) is 43.4 Å².